The molecule has 0 aromatic heterocycles. The van der Waals surface area contributed by atoms with Gasteiger partial charge in [0.05, 0.1) is 24.1 Å². The number of rotatable bonds is 5. The number of carbonyl (C=O) groups is 1. The van der Waals surface area contributed by atoms with E-state index in [-0.39, 0.29) is 17.4 Å². The van der Waals surface area contributed by atoms with Gasteiger partial charge >= 0.3 is 5.97 Å². The fourth-order valence-corrected chi connectivity index (χ4v) is 1.88. The second-order valence-electron chi connectivity index (χ2n) is 3.28. The van der Waals surface area contributed by atoms with E-state index >= 15 is 0 Å². The molecule has 0 aliphatic rings. The highest BCUT2D eigenvalue weighted by molar-refractivity contribution is 7.80. The number of halogens is 1. The molecule has 6 heteroatoms. The van der Waals surface area contributed by atoms with E-state index in [1.807, 2.05) is 0 Å². The molecule has 1 aromatic rings. The van der Waals surface area contributed by atoms with Crippen LogP contribution >= 0.6 is 23.8 Å². The number of methoxy groups -OCH3 is 1. The summed E-state index contributed by atoms with van der Waals surface area (Å²) in [6.07, 6.45) is 0.264. The van der Waals surface area contributed by atoms with Crippen LogP contribution in [0.1, 0.15) is 12.0 Å². The molecular formula is C11H13ClN2O2S. The number of carbonyl (C=O) groups excluding carboxylic acids is 1. The van der Waals surface area contributed by atoms with Crippen LogP contribution in [0.4, 0.5) is 5.69 Å². The van der Waals surface area contributed by atoms with Crippen LogP contribution in [0.3, 0.4) is 0 Å². The van der Waals surface area contributed by atoms with Crippen molar-refractivity contribution in [3.8, 4) is 0 Å². The van der Waals surface area contributed by atoms with E-state index in [1.165, 1.54) is 7.11 Å². The monoisotopic (exact) mass is 272 g/mol. The topological polar surface area (TPSA) is 64.3 Å². The number of hydrogen-bond donors (Lipinski definition) is 2. The number of ether oxygens (including phenoxy) is 1. The molecule has 0 unspecified atom stereocenters. The summed E-state index contributed by atoms with van der Waals surface area (Å²) in [5, 5.41) is 3.53. The van der Waals surface area contributed by atoms with Crippen molar-refractivity contribution < 1.29 is 9.53 Å². The van der Waals surface area contributed by atoms with Crippen LogP contribution in [0.15, 0.2) is 18.2 Å². The van der Waals surface area contributed by atoms with Gasteiger partial charge in [-0.05, 0) is 12.1 Å². The molecule has 0 saturated heterocycles. The van der Waals surface area contributed by atoms with Gasteiger partial charge in [-0.15, -0.1) is 0 Å². The molecule has 0 spiro atoms. The lowest BCUT2D eigenvalue weighted by molar-refractivity contribution is -0.140. The Bertz CT molecular complexity index is 437. The Labute approximate surface area is 110 Å². The molecule has 0 heterocycles. The Balaban J connectivity index is 2.74. The van der Waals surface area contributed by atoms with E-state index < -0.39 is 0 Å². The Kier molecular flexibility index (Phi) is 5.18. The largest absolute Gasteiger partial charge is 0.469 e. The maximum Gasteiger partial charge on any atom is 0.307 e. The third-order valence-electron chi connectivity index (χ3n) is 2.13. The van der Waals surface area contributed by atoms with Crippen LogP contribution in [0.5, 0.6) is 0 Å². The lowest BCUT2D eigenvalue weighted by atomic mass is 10.1. The molecule has 0 atom stereocenters. The Morgan fingerprint density at radius 1 is 1.59 bits per heavy atom. The van der Waals surface area contributed by atoms with Crippen molar-refractivity contribution in [1.82, 2.24) is 0 Å². The molecule has 0 aliphatic carbocycles. The highest BCUT2D eigenvalue weighted by atomic mass is 35.5. The van der Waals surface area contributed by atoms with Crippen LogP contribution in [0.25, 0.3) is 0 Å². The fraction of sp³-hybridized carbons (Fsp3) is 0.273. The lowest BCUT2D eigenvalue weighted by Crippen LogP contribution is -2.16. The normalized spacial score (nSPS) is 9.76. The van der Waals surface area contributed by atoms with Crippen molar-refractivity contribution in [3.05, 3.63) is 28.8 Å². The third-order valence-corrected chi connectivity index (χ3v) is 2.65. The summed E-state index contributed by atoms with van der Waals surface area (Å²) in [5.74, 6) is -0.281. The SMILES string of the molecule is COC(=O)CCNc1cccc(Cl)c1C(N)=S. The molecular weight excluding hydrogens is 260 g/mol. The molecule has 17 heavy (non-hydrogen) atoms. The van der Waals surface area contributed by atoms with Gasteiger partial charge in [0.25, 0.3) is 0 Å². The van der Waals surface area contributed by atoms with Crippen LogP contribution in [-0.4, -0.2) is 24.6 Å². The number of thiocarbonyl (C=S) groups is 1. The lowest BCUT2D eigenvalue weighted by Gasteiger charge is -2.11. The van der Waals surface area contributed by atoms with Crippen molar-refractivity contribution in [2.45, 2.75) is 6.42 Å². The van der Waals surface area contributed by atoms with E-state index in [4.69, 9.17) is 29.6 Å². The standard InChI is InChI=1S/C11H13ClN2O2S/c1-16-9(15)5-6-14-8-4-2-3-7(12)10(8)11(13)17/h2-4,14H,5-6H2,1H3,(H2,13,17). The number of hydrogen-bond acceptors (Lipinski definition) is 4. The Morgan fingerprint density at radius 2 is 2.29 bits per heavy atom. The zero-order valence-electron chi connectivity index (χ0n) is 9.33. The molecule has 1 rings (SSSR count). The molecule has 0 fully saturated rings. The number of nitrogens with two attached hydrogens (primary N) is 1. The van der Waals surface area contributed by atoms with Gasteiger partial charge < -0.3 is 15.8 Å². The van der Waals surface area contributed by atoms with Crippen LogP contribution in [0.2, 0.25) is 5.02 Å². The molecule has 1 aromatic carbocycles. The van der Waals surface area contributed by atoms with Crippen molar-refractivity contribution in [1.29, 1.82) is 0 Å². The van der Waals surface area contributed by atoms with E-state index in [2.05, 4.69) is 10.1 Å². The van der Waals surface area contributed by atoms with E-state index in [0.29, 0.717) is 22.8 Å². The molecule has 92 valence electrons. The molecule has 0 radical (unpaired) electrons. The average molecular weight is 273 g/mol. The quantitative estimate of drug-likeness (QED) is 0.634. The van der Waals surface area contributed by atoms with E-state index in [1.54, 1.807) is 18.2 Å². The average Bonchev–Trinajstić information content (AvgIpc) is 2.28. The second-order valence-corrected chi connectivity index (χ2v) is 4.13. The van der Waals surface area contributed by atoms with Gasteiger partial charge in [0.1, 0.15) is 4.99 Å². The summed E-state index contributed by atoms with van der Waals surface area (Å²) in [7, 11) is 1.35. The number of nitrogens with one attached hydrogen (secondary N) is 1. The van der Waals surface area contributed by atoms with Gasteiger partial charge in [-0.1, -0.05) is 29.9 Å². The maximum absolute atomic E-state index is 10.9. The fourth-order valence-electron chi connectivity index (χ4n) is 1.32. The van der Waals surface area contributed by atoms with Gasteiger partial charge in [-0.3, -0.25) is 4.79 Å². The highest BCUT2D eigenvalue weighted by Gasteiger charge is 2.09. The minimum atomic E-state index is -0.281. The molecule has 0 saturated carbocycles. The first-order valence-corrected chi connectivity index (χ1v) is 5.74. The molecule has 0 amide bonds. The van der Waals surface area contributed by atoms with Crippen LogP contribution in [-0.2, 0) is 9.53 Å². The Hall–Kier alpha value is -1.33. The predicted molar refractivity (Wildman–Crippen MR) is 72.5 cm³/mol. The van der Waals surface area contributed by atoms with Crippen molar-refractivity contribution >= 4 is 40.5 Å². The van der Waals surface area contributed by atoms with Crippen molar-refractivity contribution in [2.75, 3.05) is 19.0 Å². The second kappa shape index (κ2) is 6.42. The molecule has 4 nitrogen and oxygen atoms in total. The van der Waals surface area contributed by atoms with Gasteiger partial charge in [0, 0.05) is 12.2 Å². The summed E-state index contributed by atoms with van der Waals surface area (Å²) >= 11 is 10.9. The van der Waals surface area contributed by atoms with Gasteiger partial charge in [0.2, 0.25) is 0 Å². The summed E-state index contributed by atoms with van der Waals surface area (Å²) in [6.45, 7) is 0.433. The highest BCUT2D eigenvalue weighted by Crippen LogP contribution is 2.24. The summed E-state index contributed by atoms with van der Waals surface area (Å²) in [4.78, 5) is 11.2. The molecule has 0 bridgehead atoms. The van der Waals surface area contributed by atoms with Crippen LogP contribution < -0.4 is 11.1 Å². The maximum atomic E-state index is 10.9. The first-order valence-electron chi connectivity index (χ1n) is 4.95. The van der Waals surface area contributed by atoms with E-state index in [0.717, 1.165) is 0 Å². The minimum Gasteiger partial charge on any atom is -0.469 e. The van der Waals surface area contributed by atoms with Gasteiger partial charge in [-0.2, -0.15) is 0 Å². The van der Waals surface area contributed by atoms with Crippen molar-refractivity contribution in [3.63, 3.8) is 0 Å². The Morgan fingerprint density at radius 3 is 2.88 bits per heavy atom. The zero-order chi connectivity index (χ0) is 12.8. The smallest absolute Gasteiger partial charge is 0.307 e. The van der Waals surface area contributed by atoms with Crippen molar-refractivity contribution in [2.24, 2.45) is 5.73 Å². The zero-order valence-corrected chi connectivity index (χ0v) is 10.9. The van der Waals surface area contributed by atoms with E-state index in [9.17, 15) is 4.79 Å². The van der Waals surface area contributed by atoms with Crippen LogP contribution in [0, 0.1) is 0 Å². The van der Waals surface area contributed by atoms with Gasteiger partial charge in [-0.25, -0.2) is 0 Å². The van der Waals surface area contributed by atoms with Gasteiger partial charge in [0.15, 0.2) is 0 Å². The summed E-state index contributed by atoms with van der Waals surface area (Å²) in [5.41, 5.74) is 6.90. The third kappa shape index (κ3) is 3.87. The number of esters is 1. The number of anilines is 1. The predicted octanol–water partition coefficient (Wildman–Crippen LogP) is 1.95. The minimum absolute atomic E-state index is 0.219. The summed E-state index contributed by atoms with van der Waals surface area (Å²) < 4.78 is 4.53. The first kappa shape index (κ1) is 13.7. The number of benzene rings is 1. The molecule has 0 aliphatic heterocycles. The summed E-state index contributed by atoms with van der Waals surface area (Å²) in [6, 6.07) is 5.30. The molecule has 3 N–H and O–H groups in total. The first-order chi connectivity index (χ1) is 8.06.